The molecule has 2 aromatic rings. The molecule has 3 nitrogen and oxygen atoms in total. The zero-order chi connectivity index (χ0) is 13.7. The average Bonchev–Trinajstić information content (AvgIpc) is 2.98. The van der Waals surface area contributed by atoms with Gasteiger partial charge in [0.1, 0.15) is 6.10 Å². The highest BCUT2D eigenvalue weighted by atomic mass is 32.1. The molecule has 1 heterocycles. The molecule has 2 rings (SSSR count). The van der Waals surface area contributed by atoms with E-state index in [0.29, 0.717) is 6.54 Å². The summed E-state index contributed by atoms with van der Waals surface area (Å²) >= 11 is 1.65. The van der Waals surface area contributed by atoms with E-state index in [0.717, 1.165) is 22.8 Å². The molecule has 1 atom stereocenters. The van der Waals surface area contributed by atoms with E-state index < -0.39 is 0 Å². The van der Waals surface area contributed by atoms with Gasteiger partial charge >= 0.3 is 0 Å². The van der Waals surface area contributed by atoms with Crippen molar-refractivity contribution >= 4 is 11.3 Å². The Morgan fingerprint density at radius 1 is 1.26 bits per heavy atom. The Kier molecular flexibility index (Phi) is 4.82. The van der Waals surface area contributed by atoms with Crippen LogP contribution in [0.3, 0.4) is 0 Å². The fourth-order valence-electron chi connectivity index (χ4n) is 1.88. The second-order valence-corrected chi connectivity index (χ2v) is 5.18. The SMILES string of the molecule is CCc1ccc(OC(CN)c2cccs2)c(OC)c1. The van der Waals surface area contributed by atoms with Crippen molar-refractivity contribution in [2.75, 3.05) is 13.7 Å². The number of aryl methyl sites for hydroxylation is 1. The van der Waals surface area contributed by atoms with Gasteiger partial charge in [-0.3, -0.25) is 0 Å². The minimum absolute atomic E-state index is 0.124. The van der Waals surface area contributed by atoms with Crippen LogP contribution in [0.2, 0.25) is 0 Å². The minimum Gasteiger partial charge on any atom is -0.493 e. The molecule has 0 amide bonds. The first-order valence-electron chi connectivity index (χ1n) is 6.35. The van der Waals surface area contributed by atoms with Crippen molar-refractivity contribution in [1.29, 1.82) is 0 Å². The van der Waals surface area contributed by atoms with Crippen molar-refractivity contribution < 1.29 is 9.47 Å². The van der Waals surface area contributed by atoms with Crippen molar-refractivity contribution in [3.8, 4) is 11.5 Å². The first-order chi connectivity index (χ1) is 9.28. The molecule has 1 aromatic carbocycles. The molecule has 0 aliphatic carbocycles. The van der Waals surface area contributed by atoms with Crippen LogP contribution in [0, 0.1) is 0 Å². The summed E-state index contributed by atoms with van der Waals surface area (Å²) < 4.78 is 11.4. The lowest BCUT2D eigenvalue weighted by Gasteiger charge is -2.18. The molecule has 4 heteroatoms. The highest BCUT2D eigenvalue weighted by Crippen LogP contribution is 2.33. The first kappa shape index (κ1) is 13.9. The van der Waals surface area contributed by atoms with Gasteiger partial charge in [-0.05, 0) is 35.6 Å². The third kappa shape index (κ3) is 3.28. The Hall–Kier alpha value is -1.52. The van der Waals surface area contributed by atoms with Crippen molar-refractivity contribution in [3.05, 3.63) is 46.2 Å². The van der Waals surface area contributed by atoms with Gasteiger partial charge in [-0.15, -0.1) is 11.3 Å². The lowest BCUT2D eigenvalue weighted by atomic mass is 10.1. The highest BCUT2D eigenvalue weighted by Gasteiger charge is 2.15. The number of nitrogens with two attached hydrogens (primary N) is 1. The van der Waals surface area contributed by atoms with Gasteiger partial charge < -0.3 is 15.2 Å². The molecule has 19 heavy (non-hydrogen) atoms. The van der Waals surface area contributed by atoms with Crippen molar-refractivity contribution in [1.82, 2.24) is 0 Å². The Morgan fingerprint density at radius 2 is 2.11 bits per heavy atom. The molecule has 0 saturated heterocycles. The van der Waals surface area contributed by atoms with Crippen LogP contribution in [0.25, 0.3) is 0 Å². The van der Waals surface area contributed by atoms with Crippen LogP contribution in [0.5, 0.6) is 11.5 Å². The van der Waals surface area contributed by atoms with E-state index in [9.17, 15) is 0 Å². The maximum absolute atomic E-state index is 5.99. The highest BCUT2D eigenvalue weighted by molar-refractivity contribution is 7.10. The van der Waals surface area contributed by atoms with Crippen LogP contribution in [0.4, 0.5) is 0 Å². The molecule has 0 bridgehead atoms. The van der Waals surface area contributed by atoms with Gasteiger partial charge in [-0.25, -0.2) is 0 Å². The third-order valence-electron chi connectivity index (χ3n) is 2.98. The zero-order valence-electron chi connectivity index (χ0n) is 11.3. The van der Waals surface area contributed by atoms with Crippen LogP contribution >= 0.6 is 11.3 Å². The van der Waals surface area contributed by atoms with Gasteiger partial charge in [0, 0.05) is 11.4 Å². The molecule has 0 radical (unpaired) electrons. The monoisotopic (exact) mass is 277 g/mol. The van der Waals surface area contributed by atoms with Gasteiger partial charge in [-0.1, -0.05) is 19.1 Å². The van der Waals surface area contributed by atoms with Crippen LogP contribution in [0.15, 0.2) is 35.7 Å². The maximum Gasteiger partial charge on any atom is 0.162 e. The molecule has 2 N–H and O–H groups in total. The number of ether oxygens (including phenoxy) is 2. The van der Waals surface area contributed by atoms with Crippen LogP contribution in [-0.4, -0.2) is 13.7 Å². The van der Waals surface area contributed by atoms with E-state index in [1.807, 2.05) is 29.6 Å². The van der Waals surface area contributed by atoms with E-state index in [-0.39, 0.29) is 6.10 Å². The molecule has 0 aliphatic heterocycles. The Labute approximate surface area is 118 Å². The molecule has 1 aromatic heterocycles. The number of rotatable bonds is 6. The predicted molar refractivity (Wildman–Crippen MR) is 79.1 cm³/mol. The van der Waals surface area contributed by atoms with Gasteiger partial charge in [0.25, 0.3) is 0 Å². The Balaban J connectivity index is 2.22. The number of benzene rings is 1. The van der Waals surface area contributed by atoms with Crippen molar-refractivity contribution in [2.24, 2.45) is 5.73 Å². The molecule has 0 spiro atoms. The fourth-order valence-corrected chi connectivity index (χ4v) is 2.65. The summed E-state index contributed by atoms with van der Waals surface area (Å²) in [4.78, 5) is 1.13. The molecule has 0 aliphatic rings. The standard InChI is InChI=1S/C15H19NO2S/c1-3-11-6-7-12(13(9-11)17-2)18-14(10-16)15-5-4-8-19-15/h4-9,14H,3,10,16H2,1-2H3. The summed E-state index contributed by atoms with van der Waals surface area (Å²) in [6, 6.07) is 10.1. The van der Waals surface area contributed by atoms with E-state index in [1.165, 1.54) is 5.56 Å². The second-order valence-electron chi connectivity index (χ2n) is 4.20. The Morgan fingerprint density at radius 3 is 2.68 bits per heavy atom. The molecular formula is C15H19NO2S. The average molecular weight is 277 g/mol. The van der Waals surface area contributed by atoms with Gasteiger partial charge in [0.05, 0.1) is 7.11 Å². The van der Waals surface area contributed by atoms with Crippen LogP contribution in [-0.2, 0) is 6.42 Å². The number of methoxy groups -OCH3 is 1. The molecular weight excluding hydrogens is 258 g/mol. The summed E-state index contributed by atoms with van der Waals surface area (Å²) in [5.74, 6) is 1.50. The Bertz CT molecular complexity index is 511. The smallest absolute Gasteiger partial charge is 0.162 e. The van der Waals surface area contributed by atoms with Crippen molar-refractivity contribution in [3.63, 3.8) is 0 Å². The third-order valence-corrected chi connectivity index (χ3v) is 3.94. The summed E-state index contributed by atoms with van der Waals surface area (Å²) in [6.45, 7) is 2.56. The van der Waals surface area contributed by atoms with Crippen molar-refractivity contribution in [2.45, 2.75) is 19.4 Å². The van der Waals surface area contributed by atoms with Gasteiger partial charge in [0.2, 0.25) is 0 Å². The van der Waals surface area contributed by atoms with E-state index >= 15 is 0 Å². The fraction of sp³-hybridized carbons (Fsp3) is 0.333. The summed E-state index contributed by atoms with van der Waals surface area (Å²) in [5, 5.41) is 2.03. The van der Waals surface area contributed by atoms with Gasteiger partial charge in [-0.2, -0.15) is 0 Å². The summed E-state index contributed by atoms with van der Waals surface area (Å²) in [7, 11) is 1.66. The second kappa shape index (κ2) is 6.59. The molecule has 0 saturated carbocycles. The van der Waals surface area contributed by atoms with E-state index in [2.05, 4.69) is 13.0 Å². The van der Waals surface area contributed by atoms with Crippen LogP contribution < -0.4 is 15.2 Å². The molecule has 0 fully saturated rings. The number of hydrogen-bond donors (Lipinski definition) is 1. The largest absolute Gasteiger partial charge is 0.493 e. The topological polar surface area (TPSA) is 44.5 Å². The zero-order valence-corrected chi connectivity index (χ0v) is 12.1. The van der Waals surface area contributed by atoms with Crippen LogP contribution in [0.1, 0.15) is 23.5 Å². The molecule has 1 unspecified atom stereocenters. The lowest BCUT2D eigenvalue weighted by Crippen LogP contribution is -2.17. The number of thiophene rings is 1. The summed E-state index contributed by atoms with van der Waals surface area (Å²) in [5.41, 5.74) is 7.03. The quantitative estimate of drug-likeness (QED) is 0.880. The normalized spacial score (nSPS) is 12.2. The number of hydrogen-bond acceptors (Lipinski definition) is 4. The lowest BCUT2D eigenvalue weighted by molar-refractivity contribution is 0.208. The van der Waals surface area contributed by atoms with Gasteiger partial charge in [0.15, 0.2) is 11.5 Å². The first-order valence-corrected chi connectivity index (χ1v) is 7.23. The molecule has 102 valence electrons. The maximum atomic E-state index is 5.99. The summed E-state index contributed by atoms with van der Waals surface area (Å²) in [6.07, 6.45) is 0.850. The van der Waals surface area contributed by atoms with E-state index in [4.69, 9.17) is 15.2 Å². The van der Waals surface area contributed by atoms with E-state index in [1.54, 1.807) is 18.4 Å². The predicted octanol–water partition coefficient (Wildman–Crippen LogP) is 3.40. The minimum atomic E-state index is -0.124.